The number of carbonyl (C=O) groups is 1. The van der Waals surface area contributed by atoms with Gasteiger partial charge in [-0.2, -0.15) is 0 Å². The van der Waals surface area contributed by atoms with Gasteiger partial charge in [0.1, 0.15) is 18.1 Å². The van der Waals surface area contributed by atoms with Crippen molar-refractivity contribution in [1.82, 2.24) is 5.32 Å². The van der Waals surface area contributed by atoms with Crippen molar-refractivity contribution in [2.24, 2.45) is 5.73 Å². The quantitative estimate of drug-likeness (QED) is 0.901. The van der Waals surface area contributed by atoms with Crippen LogP contribution in [0.3, 0.4) is 0 Å². The number of ether oxygens (including phenoxy) is 1. The van der Waals surface area contributed by atoms with Gasteiger partial charge >= 0.3 is 0 Å². The van der Waals surface area contributed by atoms with Crippen molar-refractivity contribution in [1.29, 1.82) is 0 Å². The molecule has 5 heteroatoms. The normalized spacial score (nSPS) is 21.4. The second kappa shape index (κ2) is 6.11. The Morgan fingerprint density at radius 3 is 2.86 bits per heavy atom. The van der Waals surface area contributed by atoms with Gasteiger partial charge in [-0.05, 0) is 18.1 Å². The van der Waals surface area contributed by atoms with Gasteiger partial charge in [-0.3, -0.25) is 4.79 Å². The Labute approximate surface area is 123 Å². The van der Waals surface area contributed by atoms with Gasteiger partial charge in [-0.25, -0.2) is 0 Å². The molecule has 2 atom stereocenters. The average Bonchev–Trinajstić information content (AvgIpc) is 3.17. The summed E-state index contributed by atoms with van der Waals surface area (Å²) in [4.78, 5) is 12.2. The molecule has 2 unspecified atom stereocenters. The van der Waals surface area contributed by atoms with Crippen LogP contribution in [0.5, 0.6) is 0 Å². The molecule has 1 saturated heterocycles. The molecule has 1 fully saturated rings. The first-order chi connectivity index (χ1) is 10.3. The molecule has 110 valence electrons. The molecular weight excluding hydrogens is 268 g/mol. The highest BCUT2D eigenvalue weighted by Gasteiger charge is 2.31. The lowest BCUT2D eigenvalue weighted by atomic mass is 10.0. The van der Waals surface area contributed by atoms with Crippen LogP contribution >= 0.6 is 0 Å². The van der Waals surface area contributed by atoms with Crippen LogP contribution in [0.15, 0.2) is 47.1 Å². The zero-order valence-electron chi connectivity index (χ0n) is 11.6. The topological polar surface area (TPSA) is 77.5 Å². The fourth-order valence-electron chi connectivity index (χ4n) is 2.57. The van der Waals surface area contributed by atoms with Crippen molar-refractivity contribution >= 4 is 5.91 Å². The molecule has 0 bridgehead atoms. The Balaban J connectivity index is 1.70. The van der Waals surface area contributed by atoms with E-state index in [-0.39, 0.29) is 24.6 Å². The van der Waals surface area contributed by atoms with Crippen molar-refractivity contribution in [3.8, 4) is 0 Å². The zero-order chi connectivity index (χ0) is 14.7. The average molecular weight is 286 g/mol. The molecule has 1 aromatic carbocycles. The first-order valence-corrected chi connectivity index (χ1v) is 7.03. The summed E-state index contributed by atoms with van der Waals surface area (Å²) in [5.74, 6) is 0.442. The molecule has 2 heterocycles. The molecule has 0 spiro atoms. The Morgan fingerprint density at radius 2 is 2.14 bits per heavy atom. The highest BCUT2D eigenvalue weighted by Crippen LogP contribution is 2.29. The van der Waals surface area contributed by atoms with E-state index in [1.807, 2.05) is 30.3 Å². The minimum Gasteiger partial charge on any atom is -0.467 e. The maximum atomic E-state index is 12.2. The number of hydrogen-bond donors (Lipinski definition) is 2. The van der Waals surface area contributed by atoms with E-state index in [2.05, 4.69) is 5.32 Å². The summed E-state index contributed by atoms with van der Waals surface area (Å²) in [7, 11) is 0. The van der Waals surface area contributed by atoms with Crippen molar-refractivity contribution in [3.63, 3.8) is 0 Å². The van der Waals surface area contributed by atoms with Gasteiger partial charge in [0, 0.05) is 6.61 Å². The molecule has 3 rings (SSSR count). The SMILES string of the molecule is NCc1cc(C(=O)NC2CCOC2c2ccccc2)co1. The fraction of sp³-hybridized carbons (Fsp3) is 0.312. The van der Waals surface area contributed by atoms with Crippen LogP contribution in [0.25, 0.3) is 0 Å². The van der Waals surface area contributed by atoms with E-state index >= 15 is 0 Å². The molecule has 0 radical (unpaired) electrons. The zero-order valence-corrected chi connectivity index (χ0v) is 11.6. The number of rotatable bonds is 4. The van der Waals surface area contributed by atoms with Crippen LogP contribution in [0.2, 0.25) is 0 Å². The number of benzene rings is 1. The minimum atomic E-state index is -0.158. The first-order valence-electron chi connectivity index (χ1n) is 7.03. The number of hydrogen-bond acceptors (Lipinski definition) is 4. The van der Waals surface area contributed by atoms with Crippen molar-refractivity contribution < 1.29 is 13.9 Å². The largest absolute Gasteiger partial charge is 0.467 e. The molecule has 21 heavy (non-hydrogen) atoms. The molecule has 1 aromatic heterocycles. The standard InChI is InChI=1S/C16H18N2O3/c17-9-13-8-12(10-21-13)16(19)18-14-6-7-20-15(14)11-4-2-1-3-5-11/h1-5,8,10,14-15H,6-7,9,17H2,(H,18,19). The molecule has 5 nitrogen and oxygen atoms in total. The Kier molecular flexibility index (Phi) is 4.03. The minimum absolute atomic E-state index is 0.0314. The number of amides is 1. The summed E-state index contributed by atoms with van der Waals surface area (Å²) < 4.78 is 11.0. The molecule has 0 aliphatic carbocycles. The maximum Gasteiger partial charge on any atom is 0.254 e. The molecular formula is C16H18N2O3. The van der Waals surface area contributed by atoms with E-state index in [0.717, 1.165) is 12.0 Å². The molecule has 1 aliphatic heterocycles. The Morgan fingerprint density at radius 1 is 1.33 bits per heavy atom. The lowest BCUT2D eigenvalue weighted by Crippen LogP contribution is -2.36. The number of nitrogens with two attached hydrogens (primary N) is 1. The van der Waals surface area contributed by atoms with Crippen LogP contribution in [0.1, 0.15) is 34.2 Å². The molecule has 2 aromatic rings. The van der Waals surface area contributed by atoms with Crippen molar-refractivity contribution in [2.75, 3.05) is 6.61 Å². The van der Waals surface area contributed by atoms with Gasteiger partial charge in [0.25, 0.3) is 5.91 Å². The van der Waals surface area contributed by atoms with Gasteiger partial charge < -0.3 is 20.2 Å². The van der Waals surface area contributed by atoms with Crippen LogP contribution in [0, 0.1) is 0 Å². The molecule has 1 amide bonds. The maximum absolute atomic E-state index is 12.2. The third-order valence-electron chi connectivity index (χ3n) is 3.65. The third kappa shape index (κ3) is 2.99. The fourth-order valence-corrected chi connectivity index (χ4v) is 2.57. The van der Waals surface area contributed by atoms with Crippen LogP contribution in [0.4, 0.5) is 0 Å². The van der Waals surface area contributed by atoms with Gasteiger partial charge in [0.2, 0.25) is 0 Å². The molecule has 3 N–H and O–H groups in total. The van der Waals surface area contributed by atoms with Crippen molar-refractivity contribution in [2.45, 2.75) is 25.1 Å². The lowest BCUT2D eigenvalue weighted by Gasteiger charge is -2.19. The molecule has 1 aliphatic rings. The predicted octanol–water partition coefficient (Wildman–Crippen LogP) is 2.00. The van der Waals surface area contributed by atoms with E-state index in [4.69, 9.17) is 14.9 Å². The van der Waals surface area contributed by atoms with Gasteiger partial charge in [-0.15, -0.1) is 0 Å². The summed E-state index contributed by atoms with van der Waals surface area (Å²) in [6, 6.07) is 11.6. The third-order valence-corrected chi connectivity index (χ3v) is 3.65. The number of furan rings is 1. The second-order valence-corrected chi connectivity index (χ2v) is 5.08. The van der Waals surface area contributed by atoms with Gasteiger partial charge in [-0.1, -0.05) is 30.3 Å². The summed E-state index contributed by atoms with van der Waals surface area (Å²) in [6.45, 7) is 0.927. The number of carbonyl (C=O) groups excluding carboxylic acids is 1. The van der Waals surface area contributed by atoms with E-state index in [9.17, 15) is 4.79 Å². The van der Waals surface area contributed by atoms with Crippen LogP contribution < -0.4 is 11.1 Å². The summed E-state index contributed by atoms with van der Waals surface area (Å²) in [5, 5.41) is 3.02. The summed E-state index contributed by atoms with van der Waals surface area (Å²) >= 11 is 0. The summed E-state index contributed by atoms with van der Waals surface area (Å²) in [6.07, 6.45) is 2.13. The summed E-state index contributed by atoms with van der Waals surface area (Å²) in [5.41, 5.74) is 7.05. The highest BCUT2D eigenvalue weighted by molar-refractivity contribution is 5.94. The number of nitrogens with one attached hydrogen (secondary N) is 1. The molecule has 0 saturated carbocycles. The highest BCUT2D eigenvalue weighted by atomic mass is 16.5. The van der Waals surface area contributed by atoms with Crippen LogP contribution in [-0.4, -0.2) is 18.6 Å². The van der Waals surface area contributed by atoms with Gasteiger partial charge in [0.15, 0.2) is 0 Å². The Bertz CT molecular complexity index is 609. The van der Waals surface area contributed by atoms with E-state index < -0.39 is 0 Å². The van der Waals surface area contributed by atoms with E-state index in [1.165, 1.54) is 6.26 Å². The Hall–Kier alpha value is -2.11. The van der Waals surface area contributed by atoms with Crippen LogP contribution in [-0.2, 0) is 11.3 Å². The monoisotopic (exact) mass is 286 g/mol. The predicted molar refractivity (Wildman–Crippen MR) is 77.6 cm³/mol. The first kappa shape index (κ1) is 13.9. The lowest BCUT2D eigenvalue weighted by molar-refractivity contribution is 0.0821. The van der Waals surface area contributed by atoms with E-state index in [1.54, 1.807) is 6.07 Å². The second-order valence-electron chi connectivity index (χ2n) is 5.08. The van der Waals surface area contributed by atoms with Crippen molar-refractivity contribution in [3.05, 3.63) is 59.5 Å². The smallest absolute Gasteiger partial charge is 0.254 e. The van der Waals surface area contributed by atoms with Gasteiger partial charge in [0.05, 0.1) is 18.2 Å². The van der Waals surface area contributed by atoms with E-state index in [0.29, 0.717) is 17.9 Å².